The van der Waals surface area contributed by atoms with E-state index >= 15 is 0 Å². The summed E-state index contributed by atoms with van der Waals surface area (Å²) in [5, 5.41) is 3.43. The Morgan fingerprint density at radius 2 is 1.70 bits per heavy atom. The molecule has 20 heavy (non-hydrogen) atoms. The second kappa shape index (κ2) is 6.73. The lowest BCUT2D eigenvalue weighted by molar-refractivity contribution is 0.105. The van der Waals surface area contributed by atoms with Crippen LogP contribution in [0.25, 0.3) is 0 Å². The van der Waals surface area contributed by atoms with Crippen molar-refractivity contribution in [2.45, 2.75) is 57.7 Å². The minimum absolute atomic E-state index is 0.294. The molecule has 2 rings (SSSR count). The highest BCUT2D eigenvalue weighted by atomic mass is 32.2. The van der Waals surface area contributed by atoms with Crippen molar-refractivity contribution in [3.05, 3.63) is 0 Å². The molecule has 0 bridgehead atoms. The van der Waals surface area contributed by atoms with E-state index in [2.05, 4.69) is 31.1 Å². The second-order valence-corrected chi connectivity index (χ2v) is 8.52. The quantitative estimate of drug-likeness (QED) is 0.709. The Bertz CT molecular complexity index is 397. The van der Waals surface area contributed by atoms with E-state index in [1.54, 1.807) is 4.31 Å². The van der Waals surface area contributed by atoms with Crippen molar-refractivity contribution in [2.75, 3.05) is 32.4 Å². The molecule has 1 saturated heterocycles. The van der Waals surface area contributed by atoms with Crippen molar-refractivity contribution < 1.29 is 8.42 Å². The van der Waals surface area contributed by atoms with E-state index in [1.165, 1.54) is 12.8 Å². The fraction of sp³-hybridized carbons (Fsp3) is 1.00. The largest absolute Gasteiger partial charge is 0.314 e. The number of piperazine rings is 1. The van der Waals surface area contributed by atoms with E-state index in [9.17, 15) is 8.42 Å². The first-order valence-corrected chi connectivity index (χ1v) is 9.44. The van der Waals surface area contributed by atoms with Crippen molar-refractivity contribution in [3.63, 3.8) is 0 Å². The summed E-state index contributed by atoms with van der Waals surface area (Å²) in [5.74, 6) is 0.294. The van der Waals surface area contributed by atoms with Gasteiger partial charge in [-0.3, -0.25) is 4.90 Å². The average molecular weight is 303 g/mol. The van der Waals surface area contributed by atoms with Crippen LogP contribution in [-0.4, -0.2) is 68.2 Å². The van der Waals surface area contributed by atoms with Crippen LogP contribution in [0.1, 0.15) is 39.5 Å². The van der Waals surface area contributed by atoms with Crippen molar-refractivity contribution in [3.8, 4) is 0 Å². The van der Waals surface area contributed by atoms with E-state index in [0.29, 0.717) is 37.0 Å². The van der Waals surface area contributed by atoms with E-state index in [4.69, 9.17) is 0 Å². The SMILES string of the molecule is CC1CN(S(=O)(=O)CCCCNC2CC2)CC(C)N1C. The highest BCUT2D eigenvalue weighted by Crippen LogP contribution is 2.19. The zero-order chi connectivity index (χ0) is 14.8. The summed E-state index contributed by atoms with van der Waals surface area (Å²) in [7, 11) is -1.01. The Kier molecular flexibility index (Phi) is 5.45. The maximum atomic E-state index is 12.4. The van der Waals surface area contributed by atoms with Gasteiger partial charge in [0, 0.05) is 31.2 Å². The molecule has 0 aromatic heterocycles. The highest BCUT2D eigenvalue weighted by molar-refractivity contribution is 7.89. The molecular weight excluding hydrogens is 274 g/mol. The van der Waals surface area contributed by atoms with Crippen LogP contribution in [0.5, 0.6) is 0 Å². The Hall–Kier alpha value is -0.170. The number of unbranched alkanes of at least 4 members (excludes halogenated alkanes) is 1. The van der Waals surface area contributed by atoms with Crippen LogP contribution >= 0.6 is 0 Å². The lowest BCUT2D eigenvalue weighted by atomic mass is 10.1. The van der Waals surface area contributed by atoms with Gasteiger partial charge in [0.05, 0.1) is 5.75 Å². The number of hydrogen-bond acceptors (Lipinski definition) is 4. The van der Waals surface area contributed by atoms with Crippen LogP contribution < -0.4 is 5.32 Å². The van der Waals surface area contributed by atoms with Crippen LogP contribution in [0, 0.1) is 0 Å². The summed E-state index contributed by atoms with van der Waals surface area (Å²) >= 11 is 0. The van der Waals surface area contributed by atoms with E-state index in [-0.39, 0.29) is 0 Å². The number of nitrogens with zero attached hydrogens (tertiary/aromatic N) is 2. The summed E-state index contributed by atoms with van der Waals surface area (Å²) in [4.78, 5) is 2.26. The number of nitrogens with one attached hydrogen (secondary N) is 1. The van der Waals surface area contributed by atoms with Gasteiger partial charge in [-0.15, -0.1) is 0 Å². The van der Waals surface area contributed by atoms with Crippen molar-refractivity contribution >= 4 is 10.0 Å². The van der Waals surface area contributed by atoms with Gasteiger partial charge in [0.15, 0.2) is 0 Å². The minimum Gasteiger partial charge on any atom is -0.314 e. The average Bonchev–Trinajstić information content (AvgIpc) is 3.19. The molecular formula is C14H29N3O2S. The van der Waals surface area contributed by atoms with Gasteiger partial charge in [0.1, 0.15) is 0 Å². The molecule has 2 atom stereocenters. The number of rotatable bonds is 7. The molecule has 6 heteroatoms. The Balaban J connectivity index is 1.74. The standard InChI is InChI=1S/C14H29N3O2S/c1-12-10-17(11-13(2)16(12)3)20(18,19)9-5-4-8-15-14-6-7-14/h12-15H,4-11H2,1-3H3. The van der Waals surface area contributed by atoms with E-state index < -0.39 is 10.0 Å². The lowest BCUT2D eigenvalue weighted by Crippen LogP contribution is -2.56. The van der Waals surface area contributed by atoms with Gasteiger partial charge in [-0.2, -0.15) is 4.31 Å². The molecule has 5 nitrogen and oxygen atoms in total. The molecule has 2 unspecified atom stereocenters. The Morgan fingerprint density at radius 1 is 1.10 bits per heavy atom. The summed E-state index contributed by atoms with van der Waals surface area (Å²) in [6.07, 6.45) is 4.29. The van der Waals surface area contributed by atoms with E-state index in [0.717, 1.165) is 19.4 Å². The molecule has 1 saturated carbocycles. The van der Waals surface area contributed by atoms with Crippen LogP contribution in [-0.2, 0) is 10.0 Å². The fourth-order valence-corrected chi connectivity index (χ4v) is 4.43. The molecule has 1 aliphatic heterocycles. The predicted octanol–water partition coefficient (Wildman–Crippen LogP) is 0.873. The number of hydrogen-bond donors (Lipinski definition) is 1. The molecule has 0 amide bonds. The third-order valence-corrected chi connectivity index (χ3v) is 6.45. The first-order chi connectivity index (χ1) is 9.40. The van der Waals surface area contributed by atoms with Gasteiger partial charge in [-0.05, 0) is 53.1 Å². The van der Waals surface area contributed by atoms with Gasteiger partial charge in [0.2, 0.25) is 10.0 Å². The Morgan fingerprint density at radius 3 is 2.25 bits per heavy atom. The Labute approximate surface area is 123 Å². The molecule has 2 fully saturated rings. The molecule has 1 heterocycles. The number of likely N-dealkylation sites (N-methyl/N-ethyl adjacent to an activating group) is 1. The van der Waals surface area contributed by atoms with Crippen molar-refractivity contribution in [1.29, 1.82) is 0 Å². The second-order valence-electron chi connectivity index (χ2n) is 6.43. The highest BCUT2D eigenvalue weighted by Gasteiger charge is 2.32. The van der Waals surface area contributed by atoms with Crippen LogP contribution in [0.15, 0.2) is 0 Å². The maximum absolute atomic E-state index is 12.4. The third-order valence-electron chi connectivity index (χ3n) is 4.56. The smallest absolute Gasteiger partial charge is 0.214 e. The van der Waals surface area contributed by atoms with Crippen LogP contribution in [0.2, 0.25) is 0 Å². The molecule has 1 N–H and O–H groups in total. The normalized spacial score (nSPS) is 29.8. The van der Waals surface area contributed by atoms with Crippen LogP contribution in [0.3, 0.4) is 0 Å². The minimum atomic E-state index is -3.08. The fourth-order valence-electron chi connectivity index (χ4n) is 2.72. The molecule has 2 aliphatic rings. The van der Waals surface area contributed by atoms with Gasteiger partial charge >= 0.3 is 0 Å². The van der Waals surface area contributed by atoms with Gasteiger partial charge < -0.3 is 5.32 Å². The first-order valence-electron chi connectivity index (χ1n) is 7.83. The summed E-state index contributed by atoms with van der Waals surface area (Å²) < 4.78 is 26.5. The molecule has 0 radical (unpaired) electrons. The predicted molar refractivity (Wildman–Crippen MR) is 82.3 cm³/mol. The molecule has 0 aromatic rings. The van der Waals surface area contributed by atoms with Crippen molar-refractivity contribution in [2.24, 2.45) is 0 Å². The van der Waals surface area contributed by atoms with Crippen molar-refractivity contribution in [1.82, 2.24) is 14.5 Å². The summed E-state index contributed by atoms with van der Waals surface area (Å²) in [6, 6.07) is 1.31. The molecule has 0 aromatic carbocycles. The topological polar surface area (TPSA) is 52.7 Å². The van der Waals surface area contributed by atoms with Crippen LogP contribution in [0.4, 0.5) is 0 Å². The maximum Gasteiger partial charge on any atom is 0.214 e. The zero-order valence-electron chi connectivity index (χ0n) is 13.0. The first kappa shape index (κ1) is 16.2. The molecule has 0 spiro atoms. The van der Waals surface area contributed by atoms with Gasteiger partial charge in [0.25, 0.3) is 0 Å². The van der Waals surface area contributed by atoms with Gasteiger partial charge in [-0.25, -0.2) is 8.42 Å². The zero-order valence-corrected chi connectivity index (χ0v) is 13.8. The number of sulfonamides is 1. The monoisotopic (exact) mass is 303 g/mol. The summed E-state index contributed by atoms with van der Waals surface area (Å²) in [6.45, 7) is 6.40. The van der Waals surface area contributed by atoms with E-state index in [1.807, 2.05) is 0 Å². The third kappa shape index (κ3) is 4.41. The summed E-state index contributed by atoms with van der Waals surface area (Å²) in [5.41, 5.74) is 0. The van der Waals surface area contributed by atoms with Gasteiger partial charge in [-0.1, -0.05) is 0 Å². The molecule has 118 valence electrons. The molecule has 1 aliphatic carbocycles. The lowest BCUT2D eigenvalue weighted by Gasteiger charge is -2.41.